The van der Waals surface area contributed by atoms with Crippen LogP contribution >= 0.6 is 0 Å². The van der Waals surface area contributed by atoms with Gasteiger partial charge < -0.3 is 14.6 Å². The Kier molecular flexibility index (Phi) is 7.85. The van der Waals surface area contributed by atoms with Gasteiger partial charge in [0.2, 0.25) is 0 Å². The molecule has 1 unspecified atom stereocenters. The first-order valence-corrected chi connectivity index (χ1v) is 14.3. The zero-order valence-electron chi connectivity index (χ0n) is 21.4. The van der Waals surface area contributed by atoms with E-state index < -0.39 is 44.6 Å². The fourth-order valence-electron chi connectivity index (χ4n) is 4.73. The summed E-state index contributed by atoms with van der Waals surface area (Å²) in [5, 5.41) is 9.83. The van der Waals surface area contributed by atoms with Gasteiger partial charge in [-0.3, -0.25) is 9.69 Å². The third-order valence-electron chi connectivity index (χ3n) is 7.18. The fourth-order valence-corrected chi connectivity index (χ4v) is 5.60. The number of ether oxygens (including phenoxy) is 2. The third-order valence-corrected chi connectivity index (χ3v) is 9.17. The molecule has 3 atom stereocenters. The van der Waals surface area contributed by atoms with E-state index in [2.05, 4.69) is 17.3 Å². The summed E-state index contributed by atoms with van der Waals surface area (Å²) in [6.45, 7) is 3.70. The Balaban J connectivity index is 1.38. The van der Waals surface area contributed by atoms with Crippen LogP contribution in [0, 0.1) is 17.8 Å². The van der Waals surface area contributed by atoms with Crippen LogP contribution < -0.4 is 10.4 Å². The minimum absolute atomic E-state index is 0.0893. The van der Waals surface area contributed by atoms with Gasteiger partial charge in [0.1, 0.15) is 6.10 Å². The maximum atomic E-state index is 12.9. The summed E-state index contributed by atoms with van der Waals surface area (Å²) in [6, 6.07) is 7.06. The molecule has 37 heavy (non-hydrogen) atoms. The predicted octanol–water partition coefficient (Wildman–Crippen LogP) is 2.29. The number of benzene rings is 1. The molecule has 2 heterocycles. The molecule has 2 aliphatic heterocycles. The first-order chi connectivity index (χ1) is 17.4. The number of carbonyl (C=O) groups is 2. The quantitative estimate of drug-likeness (QED) is 0.402. The number of cyclic esters (lactones) is 1. The second-order valence-corrected chi connectivity index (χ2v) is 13.0. The van der Waals surface area contributed by atoms with E-state index in [0.29, 0.717) is 31.6 Å². The molecule has 11 heteroatoms. The Morgan fingerprint density at radius 3 is 2.59 bits per heavy atom. The van der Waals surface area contributed by atoms with E-state index in [1.54, 1.807) is 31.2 Å². The fraction of sp³-hybridized carbons (Fsp3) is 0.615. The van der Waals surface area contributed by atoms with Crippen molar-refractivity contribution in [1.82, 2.24) is 5.48 Å². The second kappa shape index (κ2) is 10.6. The largest absolute Gasteiger partial charge is 0.444 e. The molecule has 1 aromatic carbocycles. The zero-order valence-corrected chi connectivity index (χ0v) is 22.2. The number of aliphatic hydroxyl groups is 1. The van der Waals surface area contributed by atoms with E-state index in [-0.39, 0.29) is 18.9 Å². The van der Waals surface area contributed by atoms with Crippen LogP contribution in [0.15, 0.2) is 24.3 Å². The normalized spacial score (nSPS) is 29.4. The highest BCUT2D eigenvalue weighted by atomic mass is 32.2. The number of nitrogens with zero attached hydrogens (tertiary/aromatic N) is 1. The average Bonchev–Trinajstić information content (AvgIpc) is 3.19. The Morgan fingerprint density at radius 1 is 1.30 bits per heavy atom. The van der Waals surface area contributed by atoms with Crippen LogP contribution in [0.1, 0.15) is 57.9 Å². The van der Waals surface area contributed by atoms with Crippen LogP contribution in [0.25, 0.3) is 0 Å². The average molecular weight is 535 g/mol. The number of hydrogen-bond acceptors (Lipinski definition) is 8. The lowest BCUT2D eigenvalue weighted by Gasteiger charge is -2.37. The summed E-state index contributed by atoms with van der Waals surface area (Å²) in [6.07, 6.45) is 2.36. The van der Waals surface area contributed by atoms with Gasteiger partial charge in [-0.1, -0.05) is 11.8 Å². The summed E-state index contributed by atoms with van der Waals surface area (Å²) < 4.78 is 34.3. The maximum Gasteiger partial charge on any atom is 0.414 e. The number of anilines is 1. The van der Waals surface area contributed by atoms with E-state index >= 15 is 0 Å². The molecule has 3 fully saturated rings. The van der Waals surface area contributed by atoms with Crippen LogP contribution in [-0.4, -0.2) is 67.7 Å². The molecule has 1 aliphatic carbocycles. The Morgan fingerprint density at radius 2 is 2.00 bits per heavy atom. The molecule has 1 aromatic rings. The maximum absolute atomic E-state index is 12.9. The molecule has 2 N–H and O–H groups in total. The first-order valence-electron chi connectivity index (χ1n) is 12.5. The van der Waals surface area contributed by atoms with Gasteiger partial charge in [-0.15, -0.1) is 0 Å². The summed E-state index contributed by atoms with van der Waals surface area (Å²) >= 11 is 0. The molecule has 2 amide bonds. The second-order valence-electron chi connectivity index (χ2n) is 10.6. The molecular weight excluding hydrogens is 500 g/mol. The number of amides is 2. The van der Waals surface area contributed by atoms with E-state index in [0.717, 1.165) is 24.7 Å². The van der Waals surface area contributed by atoms with Crippen LogP contribution in [-0.2, 0) is 28.9 Å². The number of sulfone groups is 1. The van der Waals surface area contributed by atoms with E-state index in [9.17, 15) is 23.1 Å². The van der Waals surface area contributed by atoms with E-state index in [1.165, 1.54) is 11.8 Å². The van der Waals surface area contributed by atoms with Crippen LogP contribution in [0.5, 0.6) is 0 Å². The molecule has 0 bridgehead atoms. The molecule has 1 saturated carbocycles. The number of hydrogen-bond donors (Lipinski definition) is 2. The smallest absolute Gasteiger partial charge is 0.414 e. The van der Waals surface area contributed by atoms with Gasteiger partial charge in [-0.2, -0.15) is 0 Å². The summed E-state index contributed by atoms with van der Waals surface area (Å²) in [4.78, 5) is 32.2. The van der Waals surface area contributed by atoms with Crippen molar-refractivity contribution in [2.45, 2.75) is 75.1 Å². The summed E-state index contributed by atoms with van der Waals surface area (Å²) in [5.74, 6) is 5.57. The van der Waals surface area contributed by atoms with Gasteiger partial charge in [0.05, 0.1) is 12.1 Å². The minimum Gasteiger partial charge on any atom is -0.444 e. The van der Waals surface area contributed by atoms with Gasteiger partial charge in [0, 0.05) is 42.9 Å². The first kappa shape index (κ1) is 27.4. The lowest BCUT2D eigenvalue weighted by molar-refractivity contribution is -0.201. The Labute approximate surface area is 217 Å². The zero-order chi connectivity index (χ0) is 26.8. The van der Waals surface area contributed by atoms with Crippen LogP contribution in [0.2, 0.25) is 0 Å². The molecule has 0 spiro atoms. The molecule has 0 radical (unpaired) electrons. The van der Waals surface area contributed by atoms with Gasteiger partial charge in [-0.05, 0) is 63.8 Å². The lowest BCUT2D eigenvalue weighted by atomic mass is 9.72. The topological polar surface area (TPSA) is 131 Å². The molecular formula is C26H34N2O8S. The van der Waals surface area contributed by atoms with Crippen molar-refractivity contribution in [1.29, 1.82) is 0 Å². The number of rotatable bonds is 7. The van der Waals surface area contributed by atoms with Crippen molar-refractivity contribution >= 4 is 27.5 Å². The number of carbonyl (C=O) groups excluding carboxylic acids is 2. The minimum atomic E-state index is -3.90. The van der Waals surface area contributed by atoms with Crippen LogP contribution in [0.3, 0.4) is 0 Å². The summed E-state index contributed by atoms with van der Waals surface area (Å²) in [5.41, 5.74) is 2.98. The number of nitrogens with one attached hydrogen (secondary N) is 1. The predicted molar refractivity (Wildman–Crippen MR) is 135 cm³/mol. The van der Waals surface area contributed by atoms with Gasteiger partial charge in [0.25, 0.3) is 5.91 Å². The van der Waals surface area contributed by atoms with Crippen molar-refractivity contribution < 1.29 is 37.4 Å². The van der Waals surface area contributed by atoms with Crippen molar-refractivity contribution in [3.8, 4) is 11.8 Å². The highest BCUT2D eigenvalue weighted by Gasteiger charge is 2.49. The summed E-state index contributed by atoms with van der Waals surface area (Å²) in [7, 11) is -3.90. The standard InChI is InChI=1S/C26H34N2O8S/c1-25(31)14-19(15-25)8-7-18-9-11-20(12-10-18)28-17-21(35-24(28)30)16-26(2,37(3,32)33)23(29)27-36-22-6-4-5-13-34-22/h9-12,19,21-22,31H,4-6,13-17H2,1-3H3,(H,27,29)/t19?,21-,22?,25?,26+/m0/s1. The van der Waals surface area contributed by atoms with Crippen molar-refractivity contribution in [3.05, 3.63) is 29.8 Å². The highest BCUT2D eigenvalue weighted by Crippen LogP contribution is 2.36. The molecule has 3 aliphatic rings. The van der Waals surface area contributed by atoms with Gasteiger partial charge in [-0.25, -0.2) is 23.5 Å². The SMILES string of the molecule is CC1(O)CC(C#Cc2ccc(N3C[C@H](C[C@](C)(C(=O)NOC4CCCCO4)S(C)(=O)=O)OC3=O)cc2)C1. The van der Waals surface area contributed by atoms with E-state index in [1.807, 2.05) is 0 Å². The van der Waals surface area contributed by atoms with Gasteiger partial charge >= 0.3 is 6.09 Å². The van der Waals surface area contributed by atoms with Crippen LogP contribution in [0.4, 0.5) is 10.5 Å². The molecule has 4 rings (SSSR count). The number of hydroxylamine groups is 1. The molecule has 10 nitrogen and oxygen atoms in total. The van der Waals surface area contributed by atoms with Crippen molar-refractivity contribution in [3.63, 3.8) is 0 Å². The van der Waals surface area contributed by atoms with E-state index in [4.69, 9.17) is 14.3 Å². The van der Waals surface area contributed by atoms with Crippen molar-refractivity contribution in [2.75, 3.05) is 24.3 Å². The van der Waals surface area contributed by atoms with Crippen molar-refractivity contribution in [2.24, 2.45) is 5.92 Å². The molecule has 202 valence electrons. The Hall–Kier alpha value is -2.65. The molecule has 2 saturated heterocycles. The highest BCUT2D eigenvalue weighted by molar-refractivity contribution is 7.92. The third kappa shape index (κ3) is 6.44. The lowest BCUT2D eigenvalue weighted by Crippen LogP contribution is -2.53. The Bertz CT molecular complexity index is 1170. The van der Waals surface area contributed by atoms with Gasteiger partial charge in [0.15, 0.2) is 20.9 Å². The molecule has 0 aromatic heterocycles. The monoisotopic (exact) mass is 534 g/mol.